The number of carbonyl (C=O) groups is 2. The van der Waals surface area contributed by atoms with Crippen LogP contribution >= 0.6 is 0 Å². The summed E-state index contributed by atoms with van der Waals surface area (Å²) in [6, 6.07) is 16.2. The minimum absolute atomic E-state index is 0.0527. The minimum Gasteiger partial charge on any atom is -0.345 e. The van der Waals surface area contributed by atoms with Crippen LogP contribution in [0.4, 0.5) is 5.69 Å². The van der Waals surface area contributed by atoms with Crippen molar-refractivity contribution in [2.24, 2.45) is 5.92 Å². The Morgan fingerprint density at radius 1 is 1.07 bits per heavy atom. The maximum atomic E-state index is 12.7. The molecule has 1 fully saturated rings. The van der Waals surface area contributed by atoms with E-state index in [-0.39, 0.29) is 41.7 Å². The first kappa shape index (κ1) is 20.1. The lowest BCUT2D eigenvalue weighted by atomic mass is 10.0. The molecule has 0 spiro atoms. The van der Waals surface area contributed by atoms with Gasteiger partial charge in [-0.25, -0.2) is 8.42 Å². The summed E-state index contributed by atoms with van der Waals surface area (Å²) in [5.74, 6) is -0.531. The fourth-order valence-electron chi connectivity index (χ4n) is 3.39. The van der Waals surface area contributed by atoms with E-state index >= 15 is 0 Å². The molecule has 0 bridgehead atoms. The van der Waals surface area contributed by atoms with E-state index in [0.29, 0.717) is 17.7 Å². The molecule has 6 nitrogen and oxygen atoms in total. The van der Waals surface area contributed by atoms with Crippen LogP contribution in [0.1, 0.15) is 41.7 Å². The monoisotopic (exact) mass is 400 g/mol. The first-order chi connectivity index (χ1) is 13.3. The van der Waals surface area contributed by atoms with Crippen molar-refractivity contribution in [1.29, 1.82) is 0 Å². The van der Waals surface area contributed by atoms with Crippen LogP contribution in [0.3, 0.4) is 0 Å². The fourth-order valence-corrected chi connectivity index (χ4v) is 5.25. The van der Waals surface area contributed by atoms with Crippen molar-refractivity contribution in [1.82, 2.24) is 5.32 Å². The number of hydrogen-bond acceptors (Lipinski definition) is 4. The zero-order valence-electron chi connectivity index (χ0n) is 15.7. The van der Waals surface area contributed by atoms with Gasteiger partial charge in [-0.3, -0.25) is 9.59 Å². The van der Waals surface area contributed by atoms with Crippen molar-refractivity contribution >= 4 is 27.3 Å². The molecule has 7 heteroatoms. The quantitative estimate of drug-likeness (QED) is 0.780. The number of benzene rings is 2. The van der Waals surface area contributed by atoms with E-state index in [1.165, 1.54) is 0 Å². The van der Waals surface area contributed by atoms with Gasteiger partial charge in [0.1, 0.15) is 0 Å². The Bertz CT molecular complexity index is 957. The molecule has 3 rings (SSSR count). The molecule has 0 radical (unpaired) electrons. The van der Waals surface area contributed by atoms with Gasteiger partial charge < -0.3 is 10.6 Å². The summed E-state index contributed by atoms with van der Waals surface area (Å²) in [4.78, 5) is 25.1. The average Bonchev–Trinajstić information content (AvgIpc) is 3.00. The molecule has 2 aromatic rings. The standard InChI is InChI=1S/C21H24N2O4S/c1-15(17-7-3-2-4-8-17)22-21(25)18-9-5-6-10-19(18)23-20(24)13-16-11-12-28(26,27)14-16/h2-10,15-16H,11-14H2,1H3,(H,22,25)(H,23,24)/t15-,16-/m1/s1. The van der Waals surface area contributed by atoms with Crippen molar-refractivity contribution in [2.75, 3.05) is 16.8 Å². The van der Waals surface area contributed by atoms with E-state index in [1.807, 2.05) is 37.3 Å². The summed E-state index contributed by atoms with van der Waals surface area (Å²) >= 11 is 0. The average molecular weight is 401 g/mol. The predicted molar refractivity (Wildman–Crippen MR) is 109 cm³/mol. The SMILES string of the molecule is C[C@@H](NC(=O)c1ccccc1NC(=O)C[C@H]1CCS(=O)(=O)C1)c1ccccc1. The summed E-state index contributed by atoms with van der Waals surface area (Å²) in [6.07, 6.45) is 0.641. The molecule has 0 saturated carbocycles. The predicted octanol–water partition coefficient (Wildman–Crippen LogP) is 2.94. The van der Waals surface area contributed by atoms with Crippen LogP contribution in [-0.4, -0.2) is 31.7 Å². The van der Waals surface area contributed by atoms with E-state index < -0.39 is 9.84 Å². The lowest BCUT2D eigenvalue weighted by molar-refractivity contribution is -0.116. The molecule has 1 saturated heterocycles. The number of anilines is 1. The van der Waals surface area contributed by atoms with Gasteiger partial charge in [0.15, 0.2) is 9.84 Å². The van der Waals surface area contributed by atoms with E-state index in [2.05, 4.69) is 10.6 Å². The number of amides is 2. The molecule has 0 unspecified atom stereocenters. The van der Waals surface area contributed by atoms with Gasteiger partial charge in [-0.15, -0.1) is 0 Å². The Hall–Kier alpha value is -2.67. The van der Waals surface area contributed by atoms with Crippen LogP contribution in [-0.2, 0) is 14.6 Å². The summed E-state index contributed by atoms with van der Waals surface area (Å²) in [5, 5.41) is 5.70. The lowest BCUT2D eigenvalue weighted by Gasteiger charge is -2.17. The zero-order chi connectivity index (χ0) is 20.1. The molecule has 1 heterocycles. The molecule has 2 atom stereocenters. The van der Waals surface area contributed by atoms with Gasteiger partial charge in [0, 0.05) is 6.42 Å². The van der Waals surface area contributed by atoms with E-state index in [0.717, 1.165) is 5.56 Å². The molecule has 2 amide bonds. The third kappa shape index (κ3) is 5.19. The van der Waals surface area contributed by atoms with E-state index in [1.54, 1.807) is 24.3 Å². The molecule has 1 aliphatic heterocycles. The Morgan fingerprint density at radius 2 is 1.75 bits per heavy atom. The van der Waals surface area contributed by atoms with Crippen LogP contribution in [0, 0.1) is 5.92 Å². The Labute approximate surface area is 165 Å². The smallest absolute Gasteiger partial charge is 0.253 e. The number of sulfone groups is 1. The first-order valence-electron chi connectivity index (χ1n) is 9.29. The molecule has 2 aromatic carbocycles. The molecule has 1 aliphatic rings. The highest BCUT2D eigenvalue weighted by Gasteiger charge is 2.29. The molecule has 28 heavy (non-hydrogen) atoms. The van der Waals surface area contributed by atoms with Crippen LogP contribution in [0.2, 0.25) is 0 Å². The second kappa shape index (κ2) is 8.56. The largest absolute Gasteiger partial charge is 0.345 e. The number of nitrogens with one attached hydrogen (secondary N) is 2. The summed E-state index contributed by atoms with van der Waals surface area (Å²) in [5.41, 5.74) is 1.78. The van der Waals surface area contributed by atoms with Crippen molar-refractivity contribution in [3.63, 3.8) is 0 Å². The van der Waals surface area contributed by atoms with E-state index in [9.17, 15) is 18.0 Å². The highest BCUT2D eigenvalue weighted by Crippen LogP contribution is 2.23. The van der Waals surface area contributed by atoms with Crippen LogP contribution in [0.5, 0.6) is 0 Å². The first-order valence-corrected chi connectivity index (χ1v) is 11.1. The lowest BCUT2D eigenvalue weighted by Crippen LogP contribution is -2.28. The third-order valence-electron chi connectivity index (χ3n) is 4.89. The zero-order valence-corrected chi connectivity index (χ0v) is 16.5. The van der Waals surface area contributed by atoms with Gasteiger partial charge in [0.05, 0.1) is 28.8 Å². The van der Waals surface area contributed by atoms with Gasteiger partial charge in [-0.05, 0) is 37.0 Å². The van der Waals surface area contributed by atoms with Crippen molar-refractivity contribution < 1.29 is 18.0 Å². The van der Waals surface area contributed by atoms with Crippen molar-refractivity contribution in [2.45, 2.75) is 25.8 Å². The van der Waals surface area contributed by atoms with E-state index in [4.69, 9.17) is 0 Å². The summed E-state index contributed by atoms with van der Waals surface area (Å²) in [6.45, 7) is 1.90. The second-order valence-corrected chi connectivity index (χ2v) is 9.40. The second-order valence-electron chi connectivity index (χ2n) is 7.17. The van der Waals surface area contributed by atoms with Crippen LogP contribution in [0.15, 0.2) is 54.6 Å². The summed E-state index contributed by atoms with van der Waals surface area (Å²) < 4.78 is 23.1. The van der Waals surface area contributed by atoms with Crippen molar-refractivity contribution in [3.05, 3.63) is 65.7 Å². The van der Waals surface area contributed by atoms with Gasteiger partial charge in [-0.2, -0.15) is 0 Å². The van der Waals surface area contributed by atoms with Gasteiger partial charge in [0.2, 0.25) is 5.91 Å². The fraction of sp³-hybridized carbons (Fsp3) is 0.333. The Kier molecular flexibility index (Phi) is 6.14. The molecular weight excluding hydrogens is 376 g/mol. The molecule has 2 N–H and O–H groups in total. The number of hydrogen-bond donors (Lipinski definition) is 2. The third-order valence-corrected chi connectivity index (χ3v) is 6.73. The van der Waals surface area contributed by atoms with Gasteiger partial charge >= 0.3 is 0 Å². The topological polar surface area (TPSA) is 92.3 Å². The minimum atomic E-state index is -3.02. The molecule has 148 valence electrons. The molecule has 0 aromatic heterocycles. The number of rotatable bonds is 6. The maximum absolute atomic E-state index is 12.7. The number of carbonyl (C=O) groups excluding carboxylic acids is 2. The Morgan fingerprint density at radius 3 is 2.43 bits per heavy atom. The van der Waals surface area contributed by atoms with Crippen LogP contribution < -0.4 is 10.6 Å². The van der Waals surface area contributed by atoms with Gasteiger partial charge in [-0.1, -0.05) is 42.5 Å². The normalized spacial score (nSPS) is 19.0. The highest BCUT2D eigenvalue weighted by atomic mass is 32.2. The molecular formula is C21H24N2O4S. The van der Waals surface area contributed by atoms with Crippen LogP contribution in [0.25, 0.3) is 0 Å². The molecule has 0 aliphatic carbocycles. The summed E-state index contributed by atoms with van der Waals surface area (Å²) in [7, 11) is -3.02. The highest BCUT2D eigenvalue weighted by molar-refractivity contribution is 7.91. The van der Waals surface area contributed by atoms with Crippen molar-refractivity contribution in [3.8, 4) is 0 Å². The van der Waals surface area contributed by atoms with Gasteiger partial charge in [0.25, 0.3) is 5.91 Å². The number of para-hydroxylation sites is 1. The maximum Gasteiger partial charge on any atom is 0.253 e. The Balaban J connectivity index is 1.65.